The molecule has 1 aliphatic heterocycles. The van der Waals surface area contributed by atoms with E-state index in [1.165, 1.54) is 4.90 Å². The number of carbonyl (C=O) groups is 2. The van der Waals surface area contributed by atoms with Gasteiger partial charge in [0.2, 0.25) is 0 Å². The fraction of sp³-hybridized carbons (Fsp3) is 0.333. The molecule has 0 saturated carbocycles. The zero-order valence-electron chi connectivity index (χ0n) is 18.1. The summed E-state index contributed by atoms with van der Waals surface area (Å²) in [6.07, 6.45) is 0. The molecule has 0 bridgehead atoms. The largest absolute Gasteiger partial charge is 0.487 e. The van der Waals surface area contributed by atoms with E-state index in [1.54, 1.807) is 14.0 Å². The molecule has 0 spiro atoms. The Morgan fingerprint density at radius 3 is 2.40 bits per heavy atom. The minimum Gasteiger partial charge on any atom is -0.487 e. The van der Waals surface area contributed by atoms with Crippen LogP contribution < -0.4 is 10.1 Å². The summed E-state index contributed by atoms with van der Waals surface area (Å²) in [5.41, 5.74) is 4.90. The smallest absolute Gasteiger partial charge is 0.338 e. The summed E-state index contributed by atoms with van der Waals surface area (Å²) >= 11 is 0. The van der Waals surface area contributed by atoms with E-state index in [9.17, 15) is 9.59 Å². The van der Waals surface area contributed by atoms with Gasteiger partial charge < -0.3 is 14.8 Å². The molecule has 0 unspecified atom stereocenters. The summed E-state index contributed by atoms with van der Waals surface area (Å²) in [5.74, 6) is 0.205. The number of hydrogen-bond donors (Lipinski definition) is 1. The summed E-state index contributed by atoms with van der Waals surface area (Å²) in [6.45, 7) is 8.02. The van der Waals surface area contributed by atoms with Crippen LogP contribution in [0.4, 0.5) is 4.79 Å². The van der Waals surface area contributed by atoms with Crippen LogP contribution in [0.5, 0.6) is 5.75 Å². The molecule has 1 heterocycles. The third kappa shape index (κ3) is 4.48. The summed E-state index contributed by atoms with van der Waals surface area (Å²) in [6, 6.07) is 12.7. The number of rotatable bonds is 6. The standard InChI is InChI=1S/C24H28N2O4/c1-6-29-23(27)21-20(14-30-18-11-8-15(2)9-12-18)26(5)24(28)25-22(21)19-13-16(3)7-10-17(19)4/h7-13,22H,6,14H2,1-5H3,(H,25,28)/t22-/m1/s1. The molecule has 30 heavy (non-hydrogen) atoms. The van der Waals surface area contributed by atoms with Crippen molar-refractivity contribution in [3.63, 3.8) is 0 Å². The molecule has 1 atom stereocenters. The Balaban J connectivity index is 2.06. The summed E-state index contributed by atoms with van der Waals surface area (Å²) in [7, 11) is 1.63. The predicted molar refractivity (Wildman–Crippen MR) is 115 cm³/mol. The Morgan fingerprint density at radius 2 is 1.73 bits per heavy atom. The third-order valence-electron chi connectivity index (χ3n) is 5.21. The third-order valence-corrected chi connectivity index (χ3v) is 5.21. The number of amides is 2. The maximum absolute atomic E-state index is 13.0. The van der Waals surface area contributed by atoms with E-state index in [1.807, 2.05) is 63.2 Å². The van der Waals surface area contributed by atoms with Crippen LogP contribution in [0.25, 0.3) is 0 Å². The molecule has 0 aromatic heterocycles. The van der Waals surface area contributed by atoms with Crippen LogP contribution in [0.2, 0.25) is 0 Å². The molecule has 1 aliphatic rings. The Morgan fingerprint density at radius 1 is 1.07 bits per heavy atom. The number of urea groups is 1. The topological polar surface area (TPSA) is 67.9 Å². The number of hydrogen-bond acceptors (Lipinski definition) is 4. The average molecular weight is 408 g/mol. The molecule has 3 rings (SSSR count). The van der Waals surface area contributed by atoms with Gasteiger partial charge in [-0.05, 0) is 51.0 Å². The highest BCUT2D eigenvalue weighted by Crippen LogP contribution is 2.33. The molecular weight excluding hydrogens is 380 g/mol. The number of benzene rings is 2. The minimum atomic E-state index is -0.607. The SMILES string of the molecule is CCOC(=O)C1=C(COc2ccc(C)cc2)N(C)C(=O)N[C@@H]1c1cc(C)ccc1C. The van der Waals surface area contributed by atoms with Crippen molar-refractivity contribution in [1.29, 1.82) is 0 Å². The molecule has 0 saturated heterocycles. The molecule has 0 aliphatic carbocycles. The Bertz CT molecular complexity index is 979. The molecule has 0 radical (unpaired) electrons. The van der Waals surface area contributed by atoms with Gasteiger partial charge in [-0.2, -0.15) is 0 Å². The lowest BCUT2D eigenvalue weighted by Crippen LogP contribution is -2.48. The number of esters is 1. The molecule has 2 amide bonds. The summed E-state index contributed by atoms with van der Waals surface area (Å²) in [4.78, 5) is 27.1. The maximum Gasteiger partial charge on any atom is 0.338 e. The van der Waals surface area contributed by atoms with E-state index in [4.69, 9.17) is 9.47 Å². The molecule has 6 heteroatoms. The fourth-order valence-corrected chi connectivity index (χ4v) is 3.47. The van der Waals surface area contributed by atoms with Gasteiger partial charge in [0, 0.05) is 7.05 Å². The zero-order valence-corrected chi connectivity index (χ0v) is 18.1. The second-order valence-corrected chi connectivity index (χ2v) is 7.48. The molecular formula is C24H28N2O4. The van der Waals surface area contributed by atoms with Gasteiger partial charge in [-0.25, -0.2) is 9.59 Å². The van der Waals surface area contributed by atoms with Gasteiger partial charge in [-0.15, -0.1) is 0 Å². The van der Waals surface area contributed by atoms with E-state index < -0.39 is 12.0 Å². The minimum absolute atomic E-state index is 0.0719. The van der Waals surface area contributed by atoms with E-state index in [0.29, 0.717) is 17.0 Å². The van der Waals surface area contributed by atoms with Crippen molar-refractivity contribution in [2.45, 2.75) is 33.7 Å². The first-order chi connectivity index (χ1) is 14.3. The van der Waals surface area contributed by atoms with E-state index in [-0.39, 0.29) is 19.2 Å². The predicted octanol–water partition coefficient (Wildman–Crippen LogP) is 4.20. The van der Waals surface area contributed by atoms with E-state index in [2.05, 4.69) is 5.32 Å². The van der Waals surface area contributed by atoms with Crippen molar-refractivity contribution in [3.05, 3.63) is 76.0 Å². The highest BCUT2D eigenvalue weighted by Gasteiger charge is 2.37. The van der Waals surface area contributed by atoms with Crippen molar-refractivity contribution in [3.8, 4) is 5.75 Å². The molecule has 2 aromatic carbocycles. The number of ether oxygens (including phenoxy) is 2. The van der Waals surface area contributed by atoms with Gasteiger partial charge in [0.15, 0.2) is 0 Å². The first-order valence-electron chi connectivity index (χ1n) is 10.0. The first kappa shape index (κ1) is 21.4. The van der Waals surface area contributed by atoms with Gasteiger partial charge in [-0.3, -0.25) is 4.90 Å². The number of aryl methyl sites for hydroxylation is 3. The van der Waals surface area contributed by atoms with Gasteiger partial charge >= 0.3 is 12.0 Å². The van der Waals surface area contributed by atoms with Gasteiger partial charge in [0.1, 0.15) is 12.4 Å². The van der Waals surface area contributed by atoms with Crippen LogP contribution in [-0.4, -0.2) is 37.2 Å². The normalized spacial score (nSPS) is 16.4. The maximum atomic E-state index is 13.0. The monoisotopic (exact) mass is 408 g/mol. The Kier molecular flexibility index (Phi) is 6.45. The Labute approximate surface area is 177 Å². The number of likely N-dealkylation sites (N-methyl/N-ethyl adjacent to an activating group) is 1. The fourth-order valence-electron chi connectivity index (χ4n) is 3.47. The second-order valence-electron chi connectivity index (χ2n) is 7.48. The summed E-state index contributed by atoms with van der Waals surface area (Å²) < 4.78 is 11.3. The van der Waals surface area contributed by atoms with Crippen molar-refractivity contribution in [2.75, 3.05) is 20.3 Å². The van der Waals surface area contributed by atoms with Crippen LogP contribution in [-0.2, 0) is 9.53 Å². The highest BCUT2D eigenvalue weighted by molar-refractivity contribution is 5.95. The summed E-state index contributed by atoms with van der Waals surface area (Å²) in [5, 5.41) is 2.95. The lowest BCUT2D eigenvalue weighted by molar-refractivity contribution is -0.139. The van der Waals surface area contributed by atoms with Gasteiger partial charge in [-0.1, -0.05) is 41.5 Å². The van der Waals surface area contributed by atoms with Crippen LogP contribution in [0.3, 0.4) is 0 Å². The van der Waals surface area contributed by atoms with Crippen molar-refractivity contribution < 1.29 is 19.1 Å². The lowest BCUT2D eigenvalue weighted by atomic mass is 9.90. The Hall–Kier alpha value is -3.28. The van der Waals surface area contributed by atoms with Gasteiger partial charge in [0.25, 0.3) is 0 Å². The molecule has 158 valence electrons. The quantitative estimate of drug-likeness (QED) is 0.728. The molecule has 1 N–H and O–H groups in total. The zero-order chi connectivity index (χ0) is 21.8. The van der Waals surface area contributed by atoms with Crippen LogP contribution in [0.1, 0.15) is 35.2 Å². The molecule has 2 aromatic rings. The van der Waals surface area contributed by atoms with E-state index >= 15 is 0 Å². The highest BCUT2D eigenvalue weighted by atomic mass is 16.5. The second kappa shape index (κ2) is 9.03. The number of nitrogens with zero attached hydrogens (tertiary/aromatic N) is 1. The van der Waals surface area contributed by atoms with Crippen molar-refractivity contribution >= 4 is 12.0 Å². The van der Waals surface area contributed by atoms with Crippen molar-refractivity contribution in [1.82, 2.24) is 10.2 Å². The number of nitrogens with one attached hydrogen (secondary N) is 1. The molecule has 0 fully saturated rings. The van der Waals surface area contributed by atoms with Crippen molar-refractivity contribution in [2.24, 2.45) is 0 Å². The van der Waals surface area contributed by atoms with Crippen LogP contribution in [0, 0.1) is 20.8 Å². The number of carbonyl (C=O) groups excluding carboxylic acids is 2. The first-order valence-corrected chi connectivity index (χ1v) is 10.0. The van der Waals surface area contributed by atoms with E-state index in [0.717, 1.165) is 22.3 Å². The van der Waals surface area contributed by atoms with Crippen LogP contribution in [0.15, 0.2) is 53.7 Å². The van der Waals surface area contributed by atoms with Gasteiger partial charge in [0.05, 0.1) is 23.9 Å². The average Bonchev–Trinajstić information content (AvgIpc) is 2.72. The lowest BCUT2D eigenvalue weighted by Gasteiger charge is -2.35. The molecule has 6 nitrogen and oxygen atoms in total. The van der Waals surface area contributed by atoms with Crippen LogP contribution >= 0.6 is 0 Å².